The molecule has 0 rings (SSSR count). The first-order chi connectivity index (χ1) is 7.23. The summed E-state index contributed by atoms with van der Waals surface area (Å²) in [5, 5.41) is 0. The molecule has 0 saturated heterocycles. The smallest absolute Gasteiger partial charge is 0.461 e. The molecule has 0 unspecified atom stereocenters. The summed E-state index contributed by atoms with van der Waals surface area (Å²) in [5.74, 6) is -8.01. The minimum atomic E-state index is -5.91. The van der Waals surface area contributed by atoms with Gasteiger partial charge < -0.3 is 4.74 Å². The highest BCUT2D eigenvalue weighted by Crippen LogP contribution is 2.36. The second-order valence-corrected chi connectivity index (χ2v) is 2.88. The van der Waals surface area contributed by atoms with Gasteiger partial charge in [0.05, 0.1) is 6.61 Å². The summed E-state index contributed by atoms with van der Waals surface area (Å²) >= 11 is 0. The molecule has 16 heavy (non-hydrogen) atoms. The van der Waals surface area contributed by atoms with E-state index in [1.165, 1.54) is 6.08 Å². The van der Waals surface area contributed by atoms with Gasteiger partial charge in [0.25, 0.3) is 0 Å². The van der Waals surface area contributed by atoms with E-state index in [-0.39, 0.29) is 6.42 Å². The molecule has 0 aliphatic heterocycles. The molecule has 0 fully saturated rings. The average Bonchev–Trinajstić information content (AvgIpc) is 2.15. The maximum atomic E-state index is 12.3. The van der Waals surface area contributed by atoms with Gasteiger partial charge in [0.2, 0.25) is 0 Å². The minimum absolute atomic E-state index is 0.105. The Morgan fingerprint density at radius 1 is 1.19 bits per heavy atom. The van der Waals surface area contributed by atoms with E-state index in [9.17, 15) is 26.7 Å². The van der Waals surface area contributed by atoms with E-state index in [4.69, 9.17) is 0 Å². The average molecular weight is 246 g/mol. The predicted molar refractivity (Wildman–Crippen MR) is 46.0 cm³/mol. The number of allylic oxidation sites excluding steroid dienone is 1. The number of rotatable bonds is 5. The highest BCUT2D eigenvalue weighted by atomic mass is 19.4. The normalized spacial score (nSPS) is 13.1. The molecule has 7 heteroatoms. The van der Waals surface area contributed by atoms with Crippen LogP contribution in [0.3, 0.4) is 0 Å². The van der Waals surface area contributed by atoms with Crippen molar-refractivity contribution in [1.29, 1.82) is 0 Å². The Kier molecular flexibility index (Phi) is 5.40. The maximum absolute atomic E-state index is 12.3. The van der Waals surface area contributed by atoms with Crippen molar-refractivity contribution in [1.82, 2.24) is 0 Å². The molecule has 0 aliphatic rings. The third kappa shape index (κ3) is 4.16. The molecule has 0 radical (unpaired) electrons. The van der Waals surface area contributed by atoms with Crippen LogP contribution in [0.4, 0.5) is 22.0 Å². The summed E-state index contributed by atoms with van der Waals surface area (Å²) < 4.78 is 63.3. The van der Waals surface area contributed by atoms with E-state index in [2.05, 4.69) is 4.74 Å². The monoisotopic (exact) mass is 246 g/mol. The summed E-state index contributed by atoms with van der Waals surface area (Å²) in [5.41, 5.74) is 0. The number of carbonyl (C=O) groups excluding carboxylic acids is 1. The summed E-state index contributed by atoms with van der Waals surface area (Å²) in [6.45, 7) is 1.32. The highest BCUT2D eigenvalue weighted by Gasteiger charge is 2.64. The van der Waals surface area contributed by atoms with Gasteiger partial charge in [-0.1, -0.05) is 19.1 Å². The van der Waals surface area contributed by atoms with Gasteiger partial charge in [-0.15, -0.1) is 0 Å². The number of ether oxygens (including phenoxy) is 1. The van der Waals surface area contributed by atoms with Gasteiger partial charge >= 0.3 is 18.1 Å². The van der Waals surface area contributed by atoms with Gasteiger partial charge in [0.15, 0.2) is 0 Å². The van der Waals surface area contributed by atoms with Crippen LogP contribution in [0.2, 0.25) is 0 Å². The largest absolute Gasteiger partial charge is 0.465 e. The zero-order chi connectivity index (χ0) is 12.8. The molecule has 0 bridgehead atoms. The summed E-state index contributed by atoms with van der Waals surface area (Å²) in [6.07, 6.45) is -1.90. The second-order valence-electron chi connectivity index (χ2n) is 2.88. The van der Waals surface area contributed by atoms with Crippen molar-refractivity contribution in [2.24, 2.45) is 0 Å². The van der Waals surface area contributed by atoms with Crippen molar-refractivity contribution in [3.63, 3.8) is 0 Å². The zero-order valence-corrected chi connectivity index (χ0v) is 8.48. The molecule has 94 valence electrons. The van der Waals surface area contributed by atoms with Crippen LogP contribution in [0.5, 0.6) is 0 Å². The Balaban J connectivity index is 4.12. The molecular formula is C9H11F5O2. The third-order valence-electron chi connectivity index (χ3n) is 1.53. The fraction of sp³-hybridized carbons (Fsp3) is 0.667. The maximum Gasteiger partial charge on any atom is 0.465 e. The third-order valence-corrected chi connectivity index (χ3v) is 1.53. The lowest BCUT2D eigenvalue weighted by molar-refractivity contribution is -0.280. The molecule has 0 amide bonds. The van der Waals surface area contributed by atoms with Gasteiger partial charge in [-0.3, -0.25) is 0 Å². The molecule has 0 spiro atoms. The first-order valence-corrected chi connectivity index (χ1v) is 4.50. The zero-order valence-electron chi connectivity index (χ0n) is 8.48. The first-order valence-electron chi connectivity index (χ1n) is 4.50. The van der Waals surface area contributed by atoms with Crippen LogP contribution in [-0.4, -0.2) is 24.7 Å². The minimum Gasteiger partial charge on any atom is -0.461 e. The first kappa shape index (κ1) is 14.9. The van der Waals surface area contributed by atoms with E-state index in [0.29, 0.717) is 6.42 Å². The quantitative estimate of drug-likeness (QED) is 0.322. The van der Waals surface area contributed by atoms with Crippen molar-refractivity contribution in [3.8, 4) is 0 Å². The van der Waals surface area contributed by atoms with Crippen LogP contribution in [0, 0.1) is 0 Å². The van der Waals surface area contributed by atoms with Crippen LogP contribution in [0.15, 0.2) is 12.2 Å². The SMILES string of the molecule is CC/C=C/CCOC(=O)C(F)(F)C(F)(F)F. The molecule has 0 aromatic heterocycles. The van der Waals surface area contributed by atoms with Gasteiger partial charge in [-0.25, -0.2) is 4.79 Å². The number of esters is 1. The second kappa shape index (κ2) is 5.81. The number of halogens is 5. The Morgan fingerprint density at radius 3 is 2.19 bits per heavy atom. The number of carbonyl (C=O) groups is 1. The van der Waals surface area contributed by atoms with Crippen LogP contribution in [0.25, 0.3) is 0 Å². The predicted octanol–water partition coefficient (Wildman–Crippen LogP) is 3.08. The fourth-order valence-electron chi connectivity index (χ4n) is 0.711. The molecule has 0 N–H and O–H groups in total. The molecule has 0 aliphatic carbocycles. The summed E-state index contributed by atoms with van der Waals surface area (Å²) in [4.78, 5) is 10.4. The lowest BCUT2D eigenvalue weighted by atomic mass is 10.3. The molecule has 0 aromatic rings. The lowest BCUT2D eigenvalue weighted by Crippen LogP contribution is -2.45. The number of alkyl halides is 5. The van der Waals surface area contributed by atoms with Crippen LogP contribution >= 0.6 is 0 Å². The van der Waals surface area contributed by atoms with Gasteiger partial charge in [0.1, 0.15) is 0 Å². The number of hydrogen-bond donors (Lipinski definition) is 0. The molecule has 0 aromatic carbocycles. The van der Waals surface area contributed by atoms with E-state index in [1.54, 1.807) is 6.08 Å². The summed E-state index contributed by atoms with van der Waals surface area (Å²) in [6, 6.07) is 0. The fourth-order valence-corrected chi connectivity index (χ4v) is 0.711. The Bertz CT molecular complexity index is 257. The number of hydrogen-bond acceptors (Lipinski definition) is 2. The Labute approximate surface area is 89.1 Å². The van der Waals surface area contributed by atoms with Gasteiger partial charge in [-0.05, 0) is 12.8 Å². The van der Waals surface area contributed by atoms with E-state index < -0.39 is 24.7 Å². The topological polar surface area (TPSA) is 26.3 Å². The van der Waals surface area contributed by atoms with E-state index in [0.717, 1.165) is 0 Å². The molecule has 2 nitrogen and oxygen atoms in total. The van der Waals surface area contributed by atoms with Crippen LogP contribution in [0.1, 0.15) is 19.8 Å². The van der Waals surface area contributed by atoms with Crippen molar-refractivity contribution in [3.05, 3.63) is 12.2 Å². The summed E-state index contributed by atoms with van der Waals surface area (Å²) in [7, 11) is 0. The molecule has 0 heterocycles. The van der Waals surface area contributed by atoms with E-state index >= 15 is 0 Å². The van der Waals surface area contributed by atoms with Crippen molar-refractivity contribution < 1.29 is 31.5 Å². The van der Waals surface area contributed by atoms with Crippen molar-refractivity contribution >= 4 is 5.97 Å². The van der Waals surface area contributed by atoms with Crippen molar-refractivity contribution in [2.75, 3.05) is 6.61 Å². The van der Waals surface area contributed by atoms with Crippen molar-refractivity contribution in [2.45, 2.75) is 31.9 Å². The van der Waals surface area contributed by atoms with Gasteiger partial charge in [0, 0.05) is 0 Å². The molecular weight excluding hydrogens is 235 g/mol. The van der Waals surface area contributed by atoms with Crippen LogP contribution < -0.4 is 0 Å². The Hall–Kier alpha value is -1.14. The standard InChI is InChI=1S/C9H11F5O2/c1-2-3-4-5-6-16-7(15)8(10,11)9(12,13)14/h3-4H,2,5-6H2,1H3/b4-3+. The van der Waals surface area contributed by atoms with Gasteiger partial charge in [-0.2, -0.15) is 22.0 Å². The molecule has 0 saturated carbocycles. The van der Waals surface area contributed by atoms with Crippen LogP contribution in [-0.2, 0) is 9.53 Å². The van der Waals surface area contributed by atoms with E-state index in [1.807, 2.05) is 6.92 Å². The lowest BCUT2D eigenvalue weighted by Gasteiger charge is -2.17. The highest BCUT2D eigenvalue weighted by molar-refractivity contribution is 5.78. The molecule has 0 atom stereocenters. The Morgan fingerprint density at radius 2 is 1.75 bits per heavy atom.